The first kappa shape index (κ1) is 15.3. The molecule has 0 spiro atoms. The fraction of sp³-hybridized carbons (Fsp3) is 0.0769. The summed E-state index contributed by atoms with van der Waals surface area (Å²) < 4.78 is 53.2. The molecule has 6 nitrogen and oxygen atoms in total. The van der Waals surface area contributed by atoms with Crippen molar-refractivity contribution in [2.75, 3.05) is 6.26 Å². The summed E-state index contributed by atoms with van der Waals surface area (Å²) in [5.74, 6) is 0. The third-order valence-corrected chi connectivity index (χ3v) is 4.25. The molecule has 0 saturated heterocycles. The molecule has 1 aromatic carbocycles. The number of sulfonamides is 2. The quantitative estimate of drug-likeness (QED) is 0.784. The Labute approximate surface area is 123 Å². The Kier molecular flexibility index (Phi) is 4.19. The van der Waals surface area contributed by atoms with Gasteiger partial charge in [-0.05, 0) is 36.4 Å². The van der Waals surface area contributed by atoms with Gasteiger partial charge in [-0.15, -0.1) is 0 Å². The molecule has 0 saturated carbocycles. The van der Waals surface area contributed by atoms with E-state index in [2.05, 4.69) is 8.80 Å². The molecule has 0 radical (unpaired) electrons. The van der Waals surface area contributed by atoms with Gasteiger partial charge in [-0.25, -0.2) is 8.42 Å². The Hall–Kier alpha value is -2.06. The molecule has 0 N–H and O–H groups in total. The lowest BCUT2D eigenvalue weighted by atomic mass is 10.1. The largest absolute Gasteiger partial charge is 0.282 e. The van der Waals surface area contributed by atoms with E-state index in [1.165, 1.54) is 36.4 Å². The maximum atomic E-state index is 12.0. The van der Waals surface area contributed by atoms with Crippen LogP contribution in [0.3, 0.4) is 0 Å². The van der Waals surface area contributed by atoms with Crippen LogP contribution in [-0.2, 0) is 20.0 Å². The smallest absolute Gasteiger partial charge is 0.205 e. The molecule has 1 aliphatic carbocycles. The van der Waals surface area contributed by atoms with E-state index in [1.807, 2.05) is 0 Å². The zero-order valence-corrected chi connectivity index (χ0v) is 12.7. The Morgan fingerprint density at radius 2 is 1.24 bits per heavy atom. The van der Waals surface area contributed by atoms with Gasteiger partial charge in [0.15, 0.2) is 0 Å². The maximum Gasteiger partial charge on any atom is 0.282 e. The Morgan fingerprint density at radius 1 is 0.762 bits per heavy atom. The Balaban J connectivity index is 2.29. The fourth-order valence-electron chi connectivity index (χ4n) is 1.55. The summed E-state index contributed by atoms with van der Waals surface area (Å²) in [6, 6.07) is 7.83. The van der Waals surface area contributed by atoms with Crippen LogP contribution in [0.4, 0.5) is 0 Å². The molecule has 0 heterocycles. The minimum Gasteiger partial charge on any atom is -0.205 e. The van der Waals surface area contributed by atoms with Gasteiger partial charge in [0.1, 0.15) is 0 Å². The van der Waals surface area contributed by atoms with E-state index in [0.29, 0.717) is 0 Å². The summed E-state index contributed by atoms with van der Waals surface area (Å²) in [7, 11) is -7.28. The molecule has 0 bridgehead atoms. The number of nitrogens with zero attached hydrogens (tertiary/aromatic N) is 2. The zero-order valence-electron chi connectivity index (χ0n) is 11.0. The van der Waals surface area contributed by atoms with Crippen molar-refractivity contribution in [2.24, 2.45) is 8.80 Å². The molecular formula is C13H12N2O4S2. The first-order valence-corrected chi connectivity index (χ1v) is 9.11. The lowest BCUT2D eigenvalue weighted by molar-refractivity contribution is 0.597. The monoisotopic (exact) mass is 324 g/mol. The molecule has 0 atom stereocenters. The second kappa shape index (κ2) is 5.74. The van der Waals surface area contributed by atoms with Crippen LogP contribution in [-0.4, -0.2) is 34.5 Å². The highest BCUT2D eigenvalue weighted by molar-refractivity contribution is 7.90. The predicted octanol–water partition coefficient (Wildman–Crippen LogP) is 1.34. The van der Waals surface area contributed by atoms with Gasteiger partial charge >= 0.3 is 0 Å². The number of allylic oxidation sites excluding steroid dienone is 4. The summed E-state index contributed by atoms with van der Waals surface area (Å²) in [6.45, 7) is 0. The highest BCUT2D eigenvalue weighted by Crippen LogP contribution is 2.13. The van der Waals surface area contributed by atoms with Crippen molar-refractivity contribution < 1.29 is 16.8 Å². The molecule has 0 aliphatic heterocycles. The Bertz CT molecular complexity index is 844. The third kappa shape index (κ3) is 4.47. The first-order valence-electron chi connectivity index (χ1n) is 5.82. The van der Waals surface area contributed by atoms with Gasteiger partial charge in [-0.3, -0.25) is 0 Å². The molecule has 0 aromatic heterocycles. The summed E-state index contributed by atoms with van der Waals surface area (Å²) >= 11 is 0. The second-order valence-corrected chi connectivity index (χ2v) is 7.47. The molecule has 0 fully saturated rings. The van der Waals surface area contributed by atoms with Crippen molar-refractivity contribution in [1.29, 1.82) is 0 Å². The van der Waals surface area contributed by atoms with Gasteiger partial charge in [0.2, 0.25) is 0 Å². The van der Waals surface area contributed by atoms with Crippen molar-refractivity contribution in [3.8, 4) is 0 Å². The van der Waals surface area contributed by atoms with Crippen molar-refractivity contribution in [3.63, 3.8) is 0 Å². The third-order valence-electron chi connectivity index (χ3n) is 2.39. The van der Waals surface area contributed by atoms with Crippen LogP contribution in [0, 0.1) is 0 Å². The molecule has 1 aromatic rings. The molecule has 110 valence electrons. The standard InChI is InChI=1S/C13H12N2O4S2/c1-20(16,17)14-11-7-9-12(10-8-11)15-21(18,19)13-5-3-2-4-6-13/h2-10H,1H3. The van der Waals surface area contributed by atoms with Crippen molar-refractivity contribution in [3.05, 3.63) is 54.6 Å². The highest BCUT2D eigenvalue weighted by atomic mass is 32.2. The normalized spacial score (nSPS) is 15.1. The van der Waals surface area contributed by atoms with Crippen LogP contribution in [0.2, 0.25) is 0 Å². The molecule has 1 aliphatic rings. The number of hydrogen-bond donors (Lipinski definition) is 0. The first-order chi connectivity index (χ1) is 9.76. The molecule has 21 heavy (non-hydrogen) atoms. The lowest BCUT2D eigenvalue weighted by Crippen LogP contribution is -2.06. The predicted molar refractivity (Wildman–Crippen MR) is 81.6 cm³/mol. The average molecular weight is 324 g/mol. The zero-order chi connectivity index (χ0) is 15.5. The topological polar surface area (TPSA) is 93.0 Å². The van der Waals surface area contributed by atoms with Crippen LogP contribution < -0.4 is 0 Å². The van der Waals surface area contributed by atoms with E-state index < -0.39 is 20.0 Å². The SMILES string of the molecule is CS(=O)(=O)N=C1C=CC(=NS(=O)(=O)c2ccccc2)C=C1. The highest BCUT2D eigenvalue weighted by Gasteiger charge is 2.13. The fourth-order valence-corrected chi connectivity index (χ4v) is 3.06. The van der Waals surface area contributed by atoms with E-state index in [-0.39, 0.29) is 16.3 Å². The van der Waals surface area contributed by atoms with Crippen molar-refractivity contribution in [1.82, 2.24) is 0 Å². The van der Waals surface area contributed by atoms with E-state index in [1.54, 1.807) is 18.2 Å². The summed E-state index contributed by atoms with van der Waals surface area (Å²) in [6.07, 6.45) is 6.54. The van der Waals surface area contributed by atoms with E-state index in [4.69, 9.17) is 0 Å². The lowest BCUT2D eigenvalue weighted by Gasteiger charge is -2.03. The van der Waals surface area contributed by atoms with Crippen molar-refractivity contribution >= 4 is 31.5 Å². The summed E-state index contributed by atoms with van der Waals surface area (Å²) in [5.41, 5.74) is 0.417. The second-order valence-electron chi connectivity index (χ2n) is 4.22. The van der Waals surface area contributed by atoms with E-state index in [0.717, 1.165) is 6.26 Å². The van der Waals surface area contributed by atoms with Crippen LogP contribution in [0.1, 0.15) is 0 Å². The summed E-state index contributed by atoms with van der Waals surface area (Å²) in [5, 5.41) is 0. The molecule has 8 heteroatoms. The van der Waals surface area contributed by atoms with Crippen LogP contribution >= 0.6 is 0 Å². The van der Waals surface area contributed by atoms with Gasteiger partial charge in [0, 0.05) is 0 Å². The van der Waals surface area contributed by atoms with Crippen molar-refractivity contribution in [2.45, 2.75) is 4.90 Å². The van der Waals surface area contributed by atoms with E-state index in [9.17, 15) is 16.8 Å². The molecule has 2 rings (SSSR count). The maximum absolute atomic E-state index is 12.0. The minimum atomic E-state index is -3.79. The number of hydrogen-bond acceptors (Lipinski definition) is 4. The van der Waals surface area contributed by atoms with Gasteiger partial charge < -0.3 is 0 Å². The van der Waals surface area contributed by atoms with Gasteiger partial charge in [-0.2, -0.15) is 17.2 Å². The number of benzene rings is 1. The molecule has 0 unspecified atom stereocenters. The molecular weight excluding hydrogens is 312 g/mol. The van der Waals surface area contributed by atoms with Gasteiger partial charge in [-0.1, -0.05) is 18.2 Å². The van der Waals surface area contributed by atoms with Crippen LogP contribution in [0.25, 0.3) is 0 Å². The van der Waals surface area contributed by atoms with E-state index >= 15 is 0 Å². The van der Waals surface area contributed by atoms with Crippen LogP contribution in [0.5, 0.6) is 0 Å². The molecule has 0 amide bonds. The Morgan fingerprint density at radius 3 is 1.71 bits per heavy atom. The average Bonchev–Trinajstić information content (AvgIpc) is 2.40. The van der Waals surface area contributed by atoms with Gasteiger partial charge in [0.25, 0.3) is 20.0 Å². The summed E-state index contributed by atoms with van der Waals surface area (Å²) in [4.78, 5) is 0.0925. The van der Waals surface area contributed by atoms with Crippen LogP contribution in [0.15, 0.2) is 68.3 Å². The number of rotatable bonds is 3. The minimum absolute atomic E-state index is 0.0925. The van der Waals surface area contributed by atoms with Gasteiger partial charge in [0.05, 0.1) is 22.6 Å².